The molecule has 122 valence electrons. The number of fused-ring (bicyclic) bond motifs is 1. The molecule has 3 rings (SSSR count). The summed E-state index contributed by atoms with van der Waals surface area (Å²) in [6.45, 7) is 5.73. The van der Waals surface area contributed by atoms with Crippen LogP contribution in [0.3, 0.4) is 0 Å². The Morgan fingerprint density at radius 1 is 1.05 bits per heavy atom. The summed E-state index contributed by atoms with van der Waals surface area (Å²) in [6, 6.07) is 0.458. The number of nitrogens with two attached hydrogens (primary N) is 1. The first-order valence-electron chi connectivity index (χ1n) is 8.26. The van der Waals surface area contributed by atoms with Crippen molar-refractivity contribution in [1.82, 2.24) is 13.5 Å². The van der Waals surface area contributed by atoms with Crippen LogP contribution in [0.15, 0.2) is 0 Å². The minimum atomic E-state index is -3.37. The van der Waals surface area contributed by atoms with Crippen LogP contribution in [0.2, 0.25) is 0 Å². The second kappa shape index (κ2) is 6.12. The Bertz CT molecular complexity index is 470. The molecule has 0 aromatic carbocycles. The lowest BCUT2D eigenvalue weighted by atomic mass is 10.1. The molecule has 0 spiro atoms. The standard InChI is InChI=1S/C14H28N4O2S/c1-12-10-16-7-4-6-14(16)11-18(12)21(19,20)17-8-3-2-5-13(17)9-15/h12-14H,2-11,15H2,1H3. The van der Waals surface area contributed by atoms with Crippen molar-refractivity contribution in [3.63, 3.8) is 0 Å². The van der Waals surface area contributed by atoms with Gasteiger partial charge in [-0.3, -0.25) is 4.90 Å². The number of piperazine rings is 1. The third-order valence-electron chi connectivity index (χ3n) is 5.32. The summed E-state index contributed by atoms with van der Waals surface area (Å²) in [4.78, 5) is 2.45. The maximum atomic E-state index is 13.1. The first-order valence-corrected chi connectivity index (χ1v) is 9.66. The van der Waals surface area contributed by atoms with E-state index in [1.165, 1.54) is 6.42 Å². The Balaban J connectivity index is 1.79. The van der Waals surface area contributed by atoms with Gasteiger partial charge in [0.2, 0.25) is 0 Å². The molecule has 0 bridgehead atoms. The zero-order valence-corrected chi connectivity index (χ0v) is 13.8. The summed E-state index contributed by atoms with van der Waals surface area (Å²) in [5, 5.41) is 0. The maximum Gasteiger partial charge on any atom is 0.282 e. The fourth-order valence-electron chi connectivity index (χ4n) is 4.13. The highest BCUT2D eigenvalue weighted by Gasteiger charge is 2.43. The van der Waals surface area contributed by atoms with E-state index >= 15 is 0 Å². The van der Waals surface area contributed by atoms with Gasteiger partial charge in [0, 0.05) is 44.3 Å². The van der Waals surface area contributed by atoms with Crippen molar-refractivity contribution in [3.8, 4) is 0 Å². The molecule has 0 radical (unpaired) electrons. The van der Waals surface area contributed by atoms with Gasteiger partial charge >= 0.3 is 0 Å². The summed E-state index contributed by atoms with van der Waals surface area (Å²) in [5.74, 6) is 0. The fraction of sp³-hybridized carbons (Fsp3) is 1.00. The van der Waals surface area contributed by atoms with Gasteiger partial charge in [0.15, 0.2) is 0 Å². The molecule has 0 aromatic heterocycles. The van der Waals surface area contributed by atoms with Crippen LogP contribution < -0.4 is 5.73 Å². The zero-order valence-electron chi connectivity index (χ0n) is 12.9. The molecule has 3 saturated heterocycles. The van der Waals surface area contributed by atoms with E-state index < -0.39 is 10.2 Å². The topological polar surface area (TPSA) is 69.9 Å². The molecule has 7 heteroatoms. The number of nitrogens with zero attached hydrogens (tertiary/aromatic N) is 3. The van der Waals surface area contributed by atoms with Crippen LogP contribution in [0.1, 0.15) is 39.0 Å². The van der Waals surface area contributed by atoms with Crippen molar-refractivity contribution in [2.75, 3.05) is 32.7 Å². The molecule has 6 nitrogen and oxygen atoms in total. The molecule has 0 aliphatic carbocycles. The normalized spacial score (nSPS) is 36.8. The van der Waals surface area contributed by atoms with Gasteiger partial charge in [0.25, 0.3) is 10.2 Å². The SMILES string of the molecule is CC1CN2CCCC2CN1S(=O)(=O)N1CCCCC1CN. The highest BCUT2D eigenvalue weighted by Crippen LogP contribution is 2.29. The predicted octanol–water partition coefficient (Wildman–Crippen LogP) is 0.213. The maximum absolute atomic E-state index is 13.1. The molecule has 3 atom stereocenters. The van der Waals surface area contributed by atoms with E-state index in [0.717, 1.165) is 38.8 Å². The van der Waals surface area contributed by atoms with E-state index in [4.69, 9.17) is 5.73 Å². The Labute approximate surface area is 128 Å². The van der Waals surface area contributed by atoms with Gasteiger partial charge in [-0.15, -0.1) is 0 Å². The third kappa shape index (κ3) is 2.86. The number of rotatable bonds is 3. The van der Waals surface area contributed by atoms with Crippen molar-refractivity contribution in [2.24, 2.45) is 5.73 Å². The van der Waals surface area contributed by atoms with Crippen LogP contribution in [0.5, 0.6) is 0 Å². The highest BCUT2D eigenvalue weighted by atomic mass is 32.2. The van der Waals surface area contributed by atoms with Crippen molar-refractivity contribution in [3.05, 3.63) is 0 Å². The van der Waals surface area contributed by atoms with Gasteiger partial charge in [-0.1, -0.05) is 6.42 Å². The number of hydrogen-bond donors (Lipinski definition) is 1. The Kier molecular flexibility index (Phi) is 4.57. The highest BCUT2D eigenvalue weighted by molar-refractivity contribution is 7.86. The largest absolute Gasteiger partial charge is 0.329 e. The molecule has 21 heavy (non-hydrogen) atoms. The molecule has 0 aromatic rings. The second-order valence-electron chi connectivity index (χ2n) is 6.71. The number of hydrogen-bond acceptors (Lipinski definition) is 4. The molecular weight excluding hydrogens is 288 g/mol. The van der Waals surface area contributed by atoms with Gasteiger partial charge in [-0.05, 0) is 39.2 Å². The van der Waals surface area contributed by atoms with Crippen LogP contribution in [-0.2, 0) is 10.2 Å². The molecule has 0 amide bonds. The van der Waals surface area contributed by atoms with Gasteiger partial charge in [0.1, 0.15) is 0 Å². The molecule has 3 aliphatic heterocycles. The fourth-order valence-corrected chi connectivity index (χ4v) is 6.21. The van der Waals surface area contributed by atoms with E-state index in [-0.39, 0.29) is 12.1 Å². The molecule has 2 N–H and O–H groups in total. The van der Waals surface area contributed by atoms with Gasteiger partial charge in [-0.2, -0.15) is 17.0 Å². The van der Waals surface area contributed by atoms with Crippen LogP contribution in [0, 0.1) is 0 Å². The first kappa shape index (κ1) is 15.7. The summed E-state index contributed by atoms with van der Waals surface area (Å²) in [7, 11) is -3.37. The lowest BCUT2D eigenvalue weighted by molar-refractivity contribution is 0.107. The van der Waals surface area contributed by atoms with Crippen molar-refractivity contribution < 1.29 is 8.42 Å². The van der Waals surface area contributed by atoms with Crippen LogP contribution >= 0.6 is 0 Å². The Morgan fingerprint density at radius 3 is 2.62 bits per heavy atom. The summed E-state index contributed by atoms with van der Waals surface area (Å²) in [6.07, 6.45) is 5.25. The third-order valence-corrected chi connectivity index (χ3v) is 7.49. The van der Waals surface area contributed by atoms with Crippen LogP contribution in [-0.4, -0.2) is 72.8 Å². The molecule has 0 saturated carbocycles. The van der Waals surface area contributed by atoms with Crippen molar-refractivity contribution >= 4 is 10.2 Å². The van der Waals surface area contributed by atoms with Crippen molar-refractivity contribution in [1.29, 1.82) is 0 Å². The monoisotopic (exact) mass is 316 g/mol. The van der Waals surface area contributed by atoms with E-state index in [0.29, 0.717) is 25.7 Å². The molecule has 3 heterocycles. The average Bonchev–Trinajstić information content (AvgIpc) is 2.93. The van der Waals surface area contributed by atoms with Gasteiger partial charge in [-0.25, -0.2) is 0 Å². The summed E-state index contributed by atoms with van der Waals surface area (Å²) in [5.41, 5.74) is 5.81. The molecule has 3 unspecified atom stereocenters. The second-order valence-corrected chi connectivity index (χ2v) is 8.55. The van der Waals surface area contributed by atoms with E-state index in [2.05, 4.69) is 4.90 Å². The minimum Gasteiger partial charge on any atom is -0.329 e. The molecule has 3 aliphatic rings. The van der Waals surface area contributed by atoms with Crippen molar-refractivity contribution in [2.45, 2.75) is 57.2 Å². The van der Waals surface area contributed by atoms with Crippen LogP contribution in [0.25, 0.3) is 0 Å². The van der Waals surface area contributed by atoms with Gasteiger partial charge in [0.05, 0.1) is 0 Å². The van der Waals surface area contributed by atoms with E-state index in [9.17, 15) is 8.42 Å². The zero-order chi connectivity index (χ0) is 15.0. The summed E-state index contributed by atoms with van der Waals surface area (Å²) >= 11 is 0. The van der Waals surface area contributed by atoms with E-state index in [1.807, 2.05) is 6.92 Å². The number of piperidine rings is 1. The smallest absolute Gasteiger partial charge is 0.282 e. The average molecular weight is 316 g/mol. The molecule has 3 fully saturated rings. The lowest BCUT2D eigenvalue weighted by Gasteiger charge is -2.45. The minimum absolute atomic E-state index is 0.0162. The first-order chi connectivity index (χ1) is 10.0. The Morgan fingerprint density at radius 2 is 1.86 bits per heavy atom. The van der Waals surface area contributed by atoms with Crippen LogP contribution in [0.4, 0.5) is 0 Å². The van der Waals surface area contributed by atoms with Gasteiger partial charge < -0.3 is 5.73 Å². The quantitative estimate of drug-likeness (QED) is 0.808. The summed E-state index contributed by atoms with van der Waals surface area (Å²) < 4.78 is 29.6. The lowest BCUT2D eigenvalue weighted by Crippen LogP contribution is -2.61. The molecular formula is C14H28N4O2S. The predicted molar refractivity (Wildman–Crippen MR) is 83.1 cm³/mol. The Hall–Kier alpha value is -0.210. The van der Waals surface area contributed by atoms with E-state index in [1.54, 1.807) is 8.61 Å².